The summed E-state index contributed by atoms with van der Waals surface area (Å²) in [6, 6.07) is 0.484. The summed E-state index contributed by atoms with van der Waals surface area (Å²) in [4.78, 5) is 8.45. The first kappa shape index (κ1) is 12.4. The summed E-state index contributed by atoms with van der Waals surface area (Å²) in [6.45, 7) is 6.94. The number of nitrogens with zero attached hydrogens (tertiary/aromatic N) is 2. The van der Waals surface area contributed by atoms with Gasteiger partial charge in [0.1, 0.15) is 0 Å². The molecule has 0 unspecified atom stereocenters. The maximum Gasteiger partial charge on any atom is 0.180 e. The van der Waals surface area contributed by atoms with Crippen molar-refractivity contribution in [2.45, 2.75) is 32.2 Å². The zero-order valence-electron chi connectivity index (χ0n) is 11.0. The van der Waals surface area contributed by atoms with E-state index in [0.29, 0.717) is 6.04 Å². The van der Waals surface area contributed by atoms with Gasteiger partial charge in [-0.25, -0.2) is 4.98 Å². The Morgan fingerprint density at radius 3 is 3.28 bits per heavy atom. The Kier molecular flexibility index (Phi) is 3.54. The summed E-state index contributed by atoms with van der Waals surface area (Å²) >= 11 is 1.69. The minimum absolute atomic E-state index is 0.484. The van der Waals surface area contributed by atoms with Crippen molar-refractivity contribution in [3.05, 3.63) is 10.6 Å². The second kappa shape index (κ2) is 5.15. The second-order valence-electron chi connectivity index (χ2n) is 5.34. The Morgan fingerprint density at radius 1 is 1.56 bits per heavy atom. The average molecular weight is 266 g/mol. The number of nitrogens with one attached hydrogen (secondary N) is 1. The van der Waals surface area contributed by atoms with Gasteiger partial charge in [-0.1, -0.05) is 6.92 Å². The largest absolute Gasteiger partial charge is 0.375 e. The van der Waals surface area contributed by atoms with Gasteiger partial charge in [-0.15, -0.1) is 11.3 Å². The second-order valence-corrected chi connectivity index (χ2v) is 6.40. The molecule has 0 radical (unpaired) electrons. The summed E-state index contributed by atoms with van der Waals surface area (Å²) in [5.41, 5.74) is 7.12. The fourth-order valence-corrected chi connectivity index (χ4v) is 4.32. The minimum Gasteiger partial charge on any atom is -0.375 e. The number of fused-ring (bicyclic) bond motifs is 1. The molecule has 100 valence electrons. The fraction of sp³-hybridized carbons (Fsp3) is 0.769. The lowest BCUT2D eigenvalue weighted by Gasteiger charge is -2.38. The van der Waals surface area contributed by atoms with Crippen LogP contribution in [0.2, 0.25) is 0 Å². The molecule has 0 saturated carbocycles. The van der Waals surface area contributed by atoms with Gasteiger partial charge < -0.3 is 16.0 Å². The first-order valence-corrected chi connectivity index (χ1v) is 7.80. The van der Waals surface area contributed by atoms with E-state index in [-0.39, 0.29) is 0 Å². The number of nitrogen functional groups attached to an aromatic ring is 1. The molecule has 0 aliphatic carbocycles. The molecule has 2 atom stereocenters. The smallest absolute Gasteiger partial charge is 0.180 e. The predicted molar refractivity (Wildman–Crippen MR) is 75.8 cm³/mol. The lowest BCUT2D eigenvalue weighted by Crippen LogP contribution is -2.43. The van der Waals surface area contributed by atoms with Gasteiger partial charge in [-0.05, 0) is 31.8 Å². The molecule has 3 N–H and O–H groups in total. The first-order chi connectivity index (χ1) is 8.78. The van der Waals surface area contributed by atoms with E-state index in [4.69, 9.17) is 5.73 Å². The number of nitrogens with two attached hydrogens (primary N) is 1. The molecule has 18 heavy (non-hydrogen) atoms. The maximum absolute atomic E-state index is 5.87. The number of aromatic nitrogens is 1. The third-order valence-electron chi connectivity index (χ3n) is 4.21. The molecule has 1 fully saturated rings. The number of hydrogen-bond donors (Lipinski definition) is 2. The highest BCUT2D eigenvalue weighted by Crippen LogP contribution is 2.37. The number of anilines is 1. The van der Waals surface area contributed by atoms with E-state index >= 15 is 0 Å². The van der Waals surface area contributed by atoms with Crippen molar-refractivity contribution in [1.29, 1.82) is 0 Å². The van der Waals surface area contributed by atoms with E-state index < -0.39 is 0 Å². The molecular weight excluding hydrogens is 244 g/mol. The van der Waals surface area contributed by atoms with Gasteiger partial charge in [0, 0.05) is 30.4 Å². The molecule has 0 spiro atoms. The lowest BCUT2D eigenvalue weighted by atomic mass is 9.87. The molecule has 3 heterocycles. The lowest BCUT2D eigenvalue weighted by molar-refractivity contribution is 0.151. The van der Waals surface area contributed by atoms with E-state index in [9.17, 15) is 0 Å². The van der Waals surface area contributed by atoms with Crippen LogP contribution < -0.4 is 11.1 Å². The van der Waals surface area contributed by atoms with Crippen molar-refractivity contribution in [3.63, 3.8) is 0 Å². The van der Waals surface area contributed by atoms with Crippen LogP contribution in [0.5, 0.6) is 0 Å². The van der Waals surface area contributed by atoms with E-state index in [1.165, 1.54) is 43.0 Å². The SMILES string of the molecule is CCN1CCC[C@H]([C@@H]2NCCc3nc(N)sc32)C1. The Morgan fingerprint density at radius 2 is 2.44 bits per heavy atom. The van der Waals surface area contributed by atoms with E-state index in [0.717, 1.165) is 24.0 Å². The van der Waals surface area contributed by atoms with Crippen molar-refractivity contribution in [2.24, 2.45) is 5.92 Å². The summed E-state index contributed by atoms with van der Waals surface area (Å²) in [6.07, 6.45) is 3.68. The van der Waals surface area contributed by atoms with Gasteiger partial charge in [-0.2, -0.15) is 0 Å². The quantitative estimate of drug-likeness (QED) is 0.854. The van der Waals surface area contributed by atoms with Crippen LogP contribution in [0.3, 0.4) is 0 Å². The average Bonchev–Trinajstić information content (AvgIpc) is 2.78. The highest BCUT2D eigenvalue weighted by molar-refractivity contribution is 7.15. The Labute approximate surface area is 113 Å². The Hall–Kier alpha value is -0.650. The van der Waals surface area contributed by atoms with Gasteiger partial charge in [0.15, 0.2) is 5.13 Å². The third-order valence-corrected chi connectivity index (χ3v) is 5.22. The standard InChI is InChI=1S/C13H22N4S/c1-2-17-7-3-4-9(8-17)11-12-10(5-6-15-11)16-13(14)18-12/h9,11,15H,2-8H2,1H3,(H2,14,16)/t9-,11-/m0/s1. The van der Waals surface area contributed by atoms with Crippen LogP contribution in [0.4, 0.5) is 5.13 Å². The van der Waals surface area contributed by atoms with E-state index in [2.05, 4.69) is 22.1 Å². The Bertz CT molecular complexity index is 417. The van der Waals surface area contributed by atoms with Gasteiger partial charge >= 0.3 is 0 Å². The van der Waals surface area contributed by atoms with Crippen LogP contribution in [-0.2, 0) is 6.42 Å². The van der Waals surface area contributed by atoms with Gasteiger partial charge in [0.25, 0.3) is 0 Å². The molecular formula is C13H22N4S. The van der Waals surface area contributed by atoms with Crippen molar-refractivity contribution < 1.29 is 0 Å². The van der Waals surface area contributed by atoms with Crippen LogP contribution in [0.1, 0.15) is 36.4 Å². The molecule has 1 aromatic rings. The zero-order valence-corrected chi connectivity index (χ0v) is 11.8. The molecule has 1 saturated heterocycles. The summed E-state index contributed by atoms with van der Waals surface area (Å²) in [5, 5.41) is 4.42. The number of hydrogen-bond acceptors (Lipinski definition) is 5. The van der Waals surface area contributed by atoms with Gasteiger partial charge in [-0.3, -0.25) is 0 Å². The first-order valence-electron chi connectivity index (χ1n) is 6.98. The van der Waals surface area contributed by atoms with Crippen molar-refractivity contribution in [1.82, 2.24) is 15.2 Å². The predicted octanol–water partition coefficient (Wildman–Crippen LogP) is 1.64. The fourth-order valence-electron chi connectivity index (χ4n) is 3.27. The van der Waals surface area contributed by atoms with Crippen molar-refractivity contribution >= 4 is 16.5 Å². The zero-order chi connectivity index (χ0) is 12.5. The molecule has 0 bridgehead atoms. The molecule has 2 aliphatic heterocycles. The van der Waals surface area contributed by atoms with Gasteiger partial charge in [0.05, 0.1) is 5.69 Å². The highest BCUT2D eigenvalue weighted by atomic mass is 32.1. The number of rotatable bonds is 2. The summed E-state index contributed by atoms with van der Waals surface area (Å²) < 4.78 is 0. The van der Waals surface area contributed by atoms with E-state index in [1.54, 1.807) is 11.3 Å². The van der Waals surface area contributed by atoms with Crippen LogP contribution in [0.25, 0.3) is 0 Å². The molecule has 4 nitrogen and oxygen atoms in total. The van der Waals surface area contributed by atoms with Crippen molar-refractivity contribution in [3.8, 4) is 0 Å². The van der Waals surface area contributed by atoms with Gasteiger partial charge in [0.2, 0.25) is 0 Å². The Balaban J connectivity index is 1.80. The van der Waals surface area contributed by atoms with E-state index in [1.807, 2.05) is 0 Å². The highest BCUT2D eigenvalue weighted by Gasteiger charge is 2.32. The number of likely N-dealkylation sites (tertiary alicyclic amines) is 1. The van der Waals surface area contributed by atoms with Crippen LogP contribution in [0.15, 0.2) is 0 Å². The molecule has 1 aromatic heterocycles. The third kappa shape index (κ3) is 2.27. The van der Waals surface area contributed by atoms with Crippen LogP contribution in [-0.4, -0.2) is 36.1 Å². The topological polar surface area (TPSA) is 54.2 Å². The molecule has 3 rings (SSSR count). The molecule has 5 heteroatoms. The molecule has 0 aromatic carbocycles. The summed E-state index contributed by atoms with van der Waals surface area (Å²) in [5.74, 6) is 0.720. The monoisotopic (exact) mass is 266 g/mol. The normalized spacial score (nSPS) is 29.2. The number of piperidine rings is 1. The molecule has 0 amide bonds. The van der Waals surface area contributed by atoms with Crippen LogP contribution in [0, 0.1) is 5.92 Å². The summed E-state index contributed by atoms with van der Waals surface area (Å²) in [7, 11) is 0. The van der Waals surface area contributed by atoms with Crippen LogP contribution >= 0.6 is 11.3 Å². The minimum atomic E-state index is 0.484. The molecule has 2 aliphatic rings. The van der Waals surface area contributed by atoms with Crippen molar-refractivity contribution in [2.75, 3.05) is 31.9 Å². The number of thiazole rings is 1. The maximum atomic E-state index is 5.87.